The van der Waals surface area contributed by atoms with E-state index in [1.54, 1.807) is 12.1 Å². The topological polar surface area (TPSA) is 57.5 Å². The van der Waals surface area contributed by atoms with E-state index in [0.29, 0.717) is 12.1 Å². The van der Waals surface area contributed by atoms with Crippen LogP contribution in [0.25, 0.3) is 10.9 Å². The fraction of sp³-hybridized carbons (Fsp3) is 0.471. The van der Waals surface area contributed by atoms with Crippen molar-refractivity contribution >= 4 is 16.8 Å². The van der Waals surface area contributed by atoms with Crippen molar-refractivity contribution < 1.29 is 9.90 Å². The zero-order chi connectivity index (χ0) is 15.7. The van der Waals surface area contributed by atoms with Gasteiger partial charge in [0.05, 0.1) is 5.56 Å². The largest absolute Gasteiger partial charge is 0.508 e. The zero-order valence-corrected chi connectivity index (χ0v) is 13.2. The highest BCUT2D eigenvalue weighted by atomic mass is 16.3. The fourth-order valence-corrected chi connectivity index (χ4v) is 3.27. The second kappa shape index (κ2) is 6.01. The Morgan fingerprint density at radius 1 is 1.32 bits per heavy atom. The molecule has 0 saturated carbocycles. The van der Waals surface area contributed by atoms with Crippen molar-refractivity contribution in [3.05, 3.63) is 29.5 Å². The molecule has 0 unspecified atom stereocenters. The summed E-state index contributed by atoms with van der Waals surface area (Å²) in [4.78, 5) is 14.9. The van der Waals surface area contributed by atoms with Gasteiger partial charge in [-0.3, -0.25) is 4.79 Å². The normalized spacial score (nSPS) is 15.5. The molecule has 5 heteroatoms. The first-order valence-corrected chi connectivity index (χ1v) is 7.86. The number of benzene rings is 1. The Kier molecular flexibility index (Phi) is 4.07. The SMILES string of the molecule is Cc1c(C(=O)NCCN2CCCC2)c2cc(O)ccc2n1C. The summed E-state index contributed by atoms with van der Waals surface area (Å²) in [5.41, 5.74) is 2.54. The van der Waals surface area contributed by atoms with Crippen molar-refractivity contribution in [2.75, 3.05) is 26.2 Å². The van der Waals surface area contributed by atoms with Crippen LogP contribution in [0.4, 0.5) is 0 Å². The molecule has 0 radical (unpaired) electrons. The van der Waals surface area contributed by atoms with Crippen molar-refractivity contribution in [1.29, 1.82) is 0 Å². The molecule has 0 aliphatic carbocycles. The third kappa shape index (κ3) is 2.68. The van der Waals surface area contributed by atoms with E-state index in [1.165, 1.54) is 12.8 Å². The number of nitrogens with zero attached hydrogens (tertiary/aromatic N) is 2. The molecule has 1 aliphatic rings. The number of carbonyl (C=O) groups is 1. The molecule has 2 heterocycles. The molecule has 0 bridgehead atoms. The van der Waals surface area contributed by atoms with E-state index in [-0.39, 0.29) is 11.7 Å². The van der Waals surface area contributed by atoms with Crippen LogP contribution in [0.3, 0.4) is 0 Å². The van der Waals surface area contributed by atoms with Crippen LogP contribution < -0.4 is 5.32 Å². The predicted molar refractivity (Wildman–Crippen MR) is 87.3 cm³/mol. The van der Waals surface area contributed by atoms with Gasteiger partial charge in [0.2, 0.25) is 0 Å². The van der Waals surface area contributed by atoms with E-state index in [1.807, 2.05) is 24.6 Å². The maximum absolute atomic E-state index is 12.6. The summed E-state index contributed by atoms with van der Waals surface area (Å²) < 4.78 is 1.99. The highest BCUT2D eigenvalue weighted by Gasteiger charge is 2.19. The Morgan fingerprint density at radius 2 is 2.05 bits per heavy atom. The van der Waals surface area contributed by atoms with Crippen molar-refractivity contribution in [3.63, 3.8) is 0 Å². The predicted octanol–water partition coefficient (Wildman–Crippen LogP) is 2.02. The van der Waals surface area contributed by atoms with Gasteiger partial charge in [0.25, 0.3) is 5.91 Å². The van der Waals surface area contributed by atoms with E-state index in [9.17, 15) is 9.90 Å². The Morgan fingerprint density at radius 3 is 2.77 bits per heavy atom. The lowest BCUT2D eigenvalue weighted by atomic mass is 10.1. The lowest BCUT2D eigenvalue weighted by molar-refractivity contribution is 0.0950. The maximum atomic E-state index is 12.6. The van der Waals surface area contributed by atoms with Crippen molar-refractivity contribution in [3.8, 4) is 5.75 Å². The minimum atomic E-state index is -0.0621. The molecule has 2 aromatic rings. The van der Waals surface area contributed by atoms with Gasteiger partial charge in [-0.15, -0.1) is 0 Å². The van der Waals surface area contributed by atoms with Crippen LogP contribution in [0.5, 0.6) is 5.75 Å². The number of amides is 1. The van der Waals surface area contributed by atoms with Crippen LogP contribution in [0.1, 0.15) is 28.9 Å². The molecule has 1 saturated heterocycles. The van der Waals surface area contributed by atoms with Gasteiger partial charge in [-0.2, -0.15) is 0 Å². The molecule has 1 fully saturated rings. The second-order valence-electron chi connectivity index (χ2n) is 6.03. The number of carbonyl (C=O) groups excluding carboxylic acids is 1. The van der Waals surface area contributed by atoms with Gasteiger partial charge in [0.15, 0.2) is 0 Å². The number of aryl methyl sites for hydroxylation is 1. The van der Waals surface area contributed by atoms with Gasteiger partial charge in [-0.05, 0) is 51.1 Å². The van der Waals surface area contributed by atoms with Gasteiger partial charge < -0.3 is 19.9 Å². The molecule has 5 nitrogen and oxygen atoms in total. The highest BCUT2D eigenvalue weighted by molar-refractivity contribution is 6.08. The van der Waals surface area contributed by atoms with Crippen molar-refractivity contribution in [2.24, 2.45) is 7.05 Å². The first-order valence-electron chi connectivity index (χ1n) is 7.86. The summed E-state index contributed by atoms with van der Waals surface area (Å²) in [6.07, 6.45) is 2.52. The third-order valence-electron chi connectivity index (χ3n) is 4.62. The Bertz CT molecular complexity index is 699. The fourth-order valence-electron chi connectivity index (χ4n) is 3.27. The van der Waals surface area contributed by atoms with Crippen LogP contribution >= 0.6 is 0 Å². The highest BCUT2D eigenvalue weighted by Crippen LogP contribution is 2.28. The number of fused-ring (bicyclic) bond motifs is 1. The molecule has 1 amide bonds. The molecular formula is C17H23N3O2. The van der Waals surface area contributed by atoms with E-state index in [0.717, 1.165) is 36.2 Å². The van der Waals surface area contributed by atoms with Crippen molar-refractivity contribution in [1.82, 2.24) is 14.8 Å². The molecule has 22 heavy (non-hydrogen) atoms. The summed E-state index contributed by atoms with van der Waals surface area (Å²) in [6.45, 7) is 5.77. The summed E-state index contributed by atoms with van der Waals surface area (Å²) in [7, 11) is 1.94. The van der Waals surface area contributed by atoms with E-state index in [4.69, 9.17) is 0 Å². The summed E-state index contributed by atoms with van der Waals surface area (Å²) in [6, 6.07) is 5.16. The minimum Gasteiger partial charge on any atom is -0.508 e. The van der Waals surface area contributed by atoms with Crippen LogP contribution in [0.2, 0.25) is 0 Å². The number of aromatic hydroxyl groups is 1. The van der Waals surface area contributed by atoms with Gasteiger partial charge in [0.1, 0.15) is 5.75 Å². The van der Waals surface area contributed by atoms with Gasteiger partial charge in [0, 0.05) is 36.7 Å². The van der Waals surface area contributed by atoms with Gasteiger partial charge >= 0.3 is 0 Å². The lowest BCUT2D eigenvalue weighted by Gasteiger charge is -2.14. The number of phenolic OH excluding ortho intramolecular Hbond substituents is 1. The molecule has 0 atom stereocenters. The standard InChI is InChI=1S/C17H23N3O2/c1-12-16(14-11-13(21)5-6-15(14)19(12)2)17(22)18-7-10-20-8-3-4-9-20/h5-6,11,21H,3-4,7-10H2,1-2H3,(H,18,22). The Hall–Kier alpha value is -2.01. The number of hydrogen-bond donors (Lipinski definition) is 2. The summed E-state index contributed by atoms with van der Waals surface area (Å²) in [5, 5.41) is 13.5. The average Bonchev–Trinajstić information content (AvgIpc) is 3.07. The molecule has 3 rings (SSSR count). The first kappa shape index (κ1) is 14.9. The number of phenols is 1. The molecule has 2 N–H and O–H groups in total. The summed E-state index contributed by atoms with van der Waals surface area (Å²) in [5.74, 6) is 0.122. The van der Waals surface area contributed by atoms with E-state index < -0.39 is 0 Å². The Balaban J connectivity index is 1.78. The number of rotatable bonds is 4. The van der Waals surface area contributed by atoms with E-state index >= 15 is 0 Å². The monoisotopic (exact) mass is 301 g/mol. The molecular weight excluding hydrogens is 278 g/mol. The zero-order valence-electron chi connectivity index (χ0n) is 13.2. The molecule has 0 spiro atoms. The van der Waals surface area contributed by atoms with Crippen LogP contribution in [-0.2, 0) is 7.05 Å². The second-order valence-corrected chi connectivity index (χ2v) is 6.03. The molecule has 118 valence electrons. The Labute approximate surface area is 130 Å². The molecule has 1 aromatic heterocycles. The van der Waals surface area contributed by atoms with Gasteiger partial charge in [-0.1, -0.05) is 0 Å². The number of nitrogens with one attached hydrogen (secondary N) is 1. The average molecular weight is 301 g/mol. The summed E-state index contributed by atoms with van der Waals surface area (Å²) >= 11 is 0. The molecule has 1 aliphatic heterocycles. The number of hydrogen-bond acceptors (Lipinski definition) is 3. The van der Waals surface area contributed by atoms with E-state index in [2.05, 4.69) is 10.2 Å². The number of aromatic nitrogens is 1. The smallest absolute Gasteiger partial charge is 0.253 e. The minimum absolute atomic E-state index is 0.0621. The van der Waals surface area contributed by atoms with Crippen LogP contribution in [0, 0.1) is 6.92 Å². The quantitative estimate of drug-likeness (QED) is 0.908. The lowest BCUT2D eigenvalue weighted by Crippen LogP contribution is -2.33. The maximum Gasteiger partial charge on any atom is 0.253 e. The van der Waals surface area contributed by atoms with Crippen LogP contribution in [-0.4, -0.2) is 46.7 Å². The number of likely N-dealkylation sites (tertiary alicyclic amines) is 1. The van der Waals surface area contributed by atoms with Crippen LogP contribution in [0.15, 0.2) is 18.2 Å². The molecule has 1 aromatic carbocycles. The third-order valence-corrected chi connectivity index (χ3v) is 4.62. The van der Waals surface area contributed by atoms with Gasteiger partial charge in [-0.25, -0.2) is 0 Å². The first-order chi connectivity index (χ1) is 10.6. The van der Waals surface area contributed by atoms with Crippen molar-refractivity contribution in [2.45, 2.75) is 19.8 Å².